The molecule has 5 nitrogen and oxygen atoms in total. The molecule has 1 aromatic rings. The number of amides is 2. The molecule has 0 spiro atoms. The standard InChI is InChI=1S/C16H24N2O3/c1-4-12-5-7-14(8-6-12)18-16(21)17-10-13(15(19)20)9-11(2)3/h5-8,11,13H,4,9-10H2,1-3H3,(H,19,20)(H2,17,18,21). The molecular weight excluding hydrogens is 268 g/mol. The molecule has 0 saturated carbocycles. The lowest BCUT2D eigenvalue weighted by Crippen LogP contribution is -2.36. The molecule has 21 heavy (non-hydrogen) atoms. The highest BCUT2D eigenvalue weighted by molar-refractivity contribution is 5.89. The van der Waals surface area contributed by atoms with Crippen molar-refractivity contribution >= 4 is 17.7 Å². The molecule has 0 fully saturated rings. The minimum Gasteiger partial charge on any atom is -0.481 e. The van der Waals surface area contributed by atoms with Crippen molar-refractivity contribution in [2.24, 2.45) is 11.8 Å². The van der Waals surface area contributed by atoms with Gasteiger partial charge in [0.1, 0.15) is 0 Å². The Balaban J connectivity index is 2.46. The smallest absolute Gasteiger partial charge is 0.319 e. The zero-order valence-corrected chi connectivity index (χ0v) is 12.8. The molecule has 0 bridgehead atoms. The maximum Gasteiger partial charge on any atom is 0.319 e. The first-order chi connectivity index (χ1) is 9.92. The van der Waals surface area contributed by atoms with Gasteiger partial charge in [-0.15, -0.1) is 0 Å². The van der Waals surface area contributed by atoms with Crippen molar-refractivity contribution in [3.63, 3.8) is 0 Å². The van der Waals surface area contributed by atoms with Crippen molar-refractivity contribution in [1.29, 1.82) is 0 Å². The minimum absolute atomic E-state index is 0.131. The molecule has 0 heterocycles. The van der Waals surface area contributed by atoms with Gasteiger partial charge in [0.2, 0.25) is 0 Å². The van der Waals surface area contributed by atoms with Crippen LogP contribution in [0, 0.1) is 11.8 Å². The van der Waals surface area contributed by atoms with Crippen LogP contribution < -0.4 is 10.6 Å². The van der Waals surface area contributed by atoms with Crippen molar-refractivity contribution in [3.8, 4) is 0 Å². The number of benzene rings is 1. The third-order valence-corrected chi connectivity index (χ3v) is 3.23. The third kappa shape index (κ3) is 6.29. The quantitative estimate of drug-likeness (QED) is 0.722. The highest BCUT2D eigenvalue weighted by Gasteiger charge is 2.19. The molecule has 2 amide bonds. The number of carbonyl (C=O) groups excluding carboxylic acids is 1. The fourth-order valence-corrected chi connectivity index (χ4v) is 2.06. The van der Waals surface area contributed by atoms with E-state index in [4.69, 9.17) is 5.11 Å². The molecule has 1 atom stereocenters. The summed E-state index contributed by atoms with van der Waals surface area (Å²) in [5.74, 6) is -1.16. The number of rotatable bonds is 7. The molecule has 1 rings (SSSR count). The average Bonchev–Trinajstić information content (AvgIpc) is 2.43. The lowest BCUT2D eigenvalue weighted by molar-refractivity contribution is -0.142. The summed E-state index contributed by atoms with van der Waals surface area (Å²) < 4.78 is 0. The Morgan fingerprint density at radius 2 is 1.81 bits per heavy atom. The fourth-order valence-electron chi connectivity index (χ4n) is 2.06. The summed E-state index contributed by atoms with van der Waals surface area (Å²) in [6.45, 7) is 6.12. The summed E-state index contributed by atoms with van der Waals surface area (Å²) in [6, 6.07) is 7.19. The van der Waals surface area contributed by atoms with E-state index in [1.165, 1.54) is 5.56 Å². The Labute approximate surface area is 125 Å². The SMILES string of the molecule is CCc1ccc(NC(=O)NCC(CC(C)C)C(=O)O)cc1. The van der Waals surface area contributed by atoms with Gasteiger partial charge in [-0.25, -0.2) is 4.79 Å². The molecule has 0 aliphatic carbocycles. The molecular formula is C16H24N2O3. The first kappa shape index (κ1) is 17.0. The van der Waals surface area contributed by atoms with E-state index in [0.717, 1.165) is 6.42 Å². The summed E-state index contributed by atoms with van der Waals surface area (Å²) in [6.07, 6.45) is 1.49. The van der Waals surface area contributed by atoms with Gasteiger partial charge < -0.3 is 15.7 Å². The van der Waals surface area contributed by atoms with Gasteiger partial charge in [-0.3, -0.25) is 4.79 Å². The summed E-state index contributed by atoms with van der Waals surface area (Å²) in [5.41, 5.74) is 1.89. The zero-order chi connectivity index (χ0) is 15.8. The van der Waals surface area contributed by atoms with E-state index in [2.05, 4.69) is 17.6 Å². The number of carboxylic acid groups (broad SMARTS) is 1. The van der Waals surface area contributed by atoms with Crippen LogP contribution in [0.5, 0.6) is 0 Å². The molecule has 3 N–H and O–H groups in total. The maximum atomic E-state index is 11.8. The monoisotopic (exact) mass is 292 g/mol. The second-order valence-corrected chi connectivity index (χ2v) is 5.55. The van der Waals surface area contributed by atoms with E-state index < -0.39 is 11.9 Å². The second kappa shape index (κ2) is 8.29. The summed E-state index contributed by atoms with van der Waals surface area (Å²) in [7, 11) is 0. The van der Waals surface area contributed by atoms with Crippen LogP contribution in [-0.4, -0.2) is 23.7 Å². The predicted octanol–water partition coefficient (Wildman–Crippen LogP) is 3.12. The van der Waals surface area contributed by atoms with Gasteiger partial charge >= 0.3 is 12.0 Å². The molecule has 0 aromatic heterocycles. The zero-order valence-electron chi connectivity index (χ0n) is 12.8. The van der Waals surface area contributed by atoms with Crippen LogP contribution in [0.4, 0.5) is 10.5 Å². The van der Waals surface area contributed by atoms with Crippen LogP contribution in [0.15, 0.2) is 24.3 Å². The normalized spacial score (nSPS) is 12.0. The van der Waals surface area contributed by atoms with Gasteiger partial charge in [-0.05, 0) is 36.5 Å². The van der Waals surface area contributed by atoms with E-state index in [0.29, 0.717) is 12.1 Å². The number of hydrogen-bond acceptors (Lipinski definition) is 2. The maximum absolute atomic E-state index is 11.8. The van der Waals surface area contributed by atoms with E-state index in [9.17, 15) is 9.59 Å². The van der Waals surface area contributed by atoms with Crippen LogP contribution in [0.1, 0.15) is 32.8 Å². The van der Waals surface area contributed by atoms with Crippen molar-refractivity contribution < 1.29 is 14.7 Å². The number of carboxylic acids is 1. The first-order valence-electron chi connectivity index (χ1n) is 7.29. The largest absolute Gasteiger partial charge is 0.481 e. The van der Waals surface area contributed by atoms with Gasteiger partial charge in [-0.2, -0.15) is 0 Å². The van der Waals surface area contributed by atoms with Gasteiger partial charge in [0.25, 0.3) is 0 Å². The Morgan fingerprint density at radius 3 is 2.29 bits per heavy atom. The van der Waals surface area contributed by atoms with Gasteiger partial charge in [0.05, 0.1) is 5.92 Å². The van der Waals surface area contributed by atoms with Gasteiger partial charge in [0, 0.05) is 12.2 Å². The van der Waals surface area contributed by atoms with Crippen molar-refractivity contribution in [3.05, 3.63) is 29.8 Å². The Morgan fingerprint density at radius 1 is 1.19 bits per heavy atom. The second-order valence-electron chi connectivity index (χ2n) is 5.55. The average molecular weight is 292 g/mol. The van der Waals surface area contributed by atoms with Gasteiger partial charge in [-0.1, -0.05) is 32.9 Å². The van der Waals surface area contributed by atoms with Crippen LogP contribution in [0.3, 0.4) is 0 Å². The summed E-state index contributed by atoms with van der Waals surface area (Å²) in [5, 5.41) is 14.4. The molecule has 0 radical (unpaired) electrons. The van der Waals surface area contributed by atoms with Crippen molar-refractivity contribution in [2.45, 2.75) is 33.6 Å². The number of anilines is 1. The molecule has 0 saturated heterocycles. The number of aliphatic carboxylic acids is 1. The molecule has 0 aliphatic rings. The Hall–Kier alpha value is -2.04. The third-order valence-electron chi connectivity index (χ3n) is 3.23. The van der Waals surface area contributed by atoms with Crippen LogP contribution >= 0.6 is 0 Å². The topological polar surface area (TPSA) is 78.4 Å². The number of carbonyl (C=O) groups is 2. The van der Waals surface area contributed by atoms with Crippen molar-refractivity contribution in [2.75, 3.05) is 11.9 Å². The van der Waals surface area contributed by atoms with E-state index in [1.807, 2.05) is 38.1 Å². The Bertz CT molecular complexity index is 469. The summed E-state index contributed by atoms with van der Waals surface area (Å²) in [4.78, 5) is 22.9. The summed E-state index contributed by atoms with van der Waals surface area (Å²) >= 11 is 0. The van der Waals surface area contributed by atoms with E-state index in [-0.39, 0.29) is 18.5 Å². The Kier molecular flexibility index (Phi) is 6.72. The molecule has 116 valence electrons. The predicted molar refractivity (Wildman–Crippen MR) is 83.4 cm³/mol. The van der Waals surface area contributed by atoms with E-state index >= 15 is 0 Å². The first-order valence-corrected chi connectivity index (χ1v) is 7.29. The van der Waals surface area contributed by atoms with Crippen LogP contribution in [0.25, 0.3) is 0 Å². The molecule has 1 unspecified atom stereocenters. The molecule has 0 aliphatic heterocycles. The molecule has 1 aromatic carbocycles. The molecule has 5 heteroatoms. The van der Waals surface area contributed by atoms with E-state index in [1.54, 1.807) is 0 Å². The number of urea groups is 1. The van der Waals surface area contributed by atoms with Crippen LogP contribution in [-0.2, 0) is 11.2 Å². The van der Waals surface area contributed by atoms with Crippen molar-refractivity contribution in [1.82, 2.24) is 5.32 Å². The van der Waals surface area contributed by atoms with Crippen LogP contribution in [0.2, 0.25) is 0 Å². The lowest BCUT2D eigenvalue weighted by atomic mass is 9.97. The van der Waals surface area contributed by atoms with Gasteiger partial charge in [0.15, 0.2) is 0 Å². The highest BCUT2D eigenvalue weighted by Crippen LogP contribution is 2.12. The number of nitrogens with one attached hydrogen (secondary N) is 2. The minimum atomic E-state index is -0.878. The lowest BCUT2D eigenvalue weighted by Gasteiger charge is -2.15. The number of aryl methyl sites for hydroxylation is 1. The fraction of sp³-hybridized carbons (Fsp3) is 0.500. The number of hydrogen-bond donors (Lipinski definition) is 3. The highest BCUT2D eigenvalue weighted by atomic mass is 16.4.